The van der Waals surface area contributed by atoms with E-state index in [0.717, 1.165) is 11.5 Å². The largest absolute Gasteiger partial charge is 0.493 e. The van der Waals surface area contributed by atoms with Crippen molar-refractivity contribution in [2.24, 2.45) is 0 Å². The fourth-order valence-electron chi connectivity index (χ4n) is 1.70. The quantitative estimate of drug-likeness (QED) is 0.831. The second-order valence-corrected chi connectivity index (χ2v) is 5.11. The molecule has 0 saturated heterocycles. The Hall–Kier alpha value is -1.26. The Bertz CT molecular complexity index is 505. The first-order valence-electron chi connectivity index (χ1n) is 5.56. The van der Waals surface area contributed by atoms with Gasteiger partial charge in [0.1, 0.15) is 0 Å². The maximum Gasteiger partial charge on any atom is 0.162 e. The number of hydrogen-bond acceptors (Lipinski definition) is 4. The van der Waals surface area contributed by atoms with Gasteiger partial charge in [-0.2, -0.15) is 0 Å². The fraction of sp³-hybridized carbons (Fsp3) is 0.385. The smallest absolute Gasteiger partial charge is 0.162 e. The summed E-state index contributed by atoms with van der Waals surface area (Å²) in [6.45, 7) is 2.73. The Morgan fingerprint density at radius 1 is 1.24 bits per heavy atom. The number of aliphatic hydroxyl groups excluding tert-OH is 1. The van der Waals surface area contributed by atoms with Gasteiger partial charge in [-0.3, -0.25) is 0 Å². The molecule has 1 N–H and O–H groups in total. The number of rotatable bonds is 5. The molecule has 0 spiro atoms. The van der Waals surface area contributed by atoms with Crippen LogP contribution in [0.15, 0.2) is 18.2 Å². The lowest BCUT2D eigenvalue weighted by atomic mass is 10.2. The van der Waals surface area contributed by atoms with Crippen molar-refractivity contribution in [2.75, 3.05) is 20.3 Å². The molecule has 1 aromatic carbocycles. The third kappa shape index (κ3) is 2.70. The number of ether oxygens (including phenoxy) is 2. The van der Waals surface area contributed by atoms with E-state index < -0.39 is 0 Å². The van der Waals surface area contributed by atoms with Crippen LogP contribution in [0.4, 0.5) is 0 Å². The summed E-state index contributed by atoms with van der Waals surface area (Å²) in [7, 11) is 1.64. The predicted octanol–water partition coefficient (Wildman–Crippen LogP) is 2.98. The molecule has 3 nitrogen and oxygen atoms in total. The number of aliphatic hydroxyl groups is 1. The zero-order valence-corrected chi connectivity index (χ0v) is 10.8. The van der Waals surface area contributed by atoms with Crippen LogP contribution in [0.1, 0.15) is 11.3 Å². The number of hydrogen-bond donors (Lipinski definition) is 1. The number of benzene rings is 1. The first-order valence-corrected chi connectivity index (χ1v) is 6.38. The minimum atomic E-state index is 0.141. The lowest BCUT2D eigenvalue weighted by Crippen LogP contribution is -2.01. The van der Waals surface area contributed by atoms with Gasteiger partial charge in [-0.25, -0.2) is 0 Å². The Balaban J connectivity index is 2.31. The minimum Gasteiger partial charge on any atom is -0.493 e. The van der Waals surface area contributed by atoms with Gasteiger partial charge in [-0.1, -0.05) is 0 Å². The van der Waals surface area contributed by atoms with Gasteiger partial charge in [0.25, 0.3) is 0 Å². The molecule has 4 heteroatoms. The van der Waals surface area contributed by atoms with Gasteiger partial charge in [0.2, 0.25) is 0 Å². The van der Waals surface area contributed by atoms with Crippen LogP contribution in [0, 0.1) is 6.92 Å². The molecule has 17 heavy (non-hydrogen) atoms. The highest BCUT2D eigenvalue weighted by molar-refractivity contribution is 7.19. The van der Waals surface area contributed by atoms with Crippen molar-refractivity contribution in [3.63, 3.8) is 0 Å². The summed E-state index contributed by atoms with van der Waals surface area (Å²) >= 11 is 1.74. The van der Waals surface area contributed by atoms with E-state index in [1.165, 1.54) is 15.0 Å². The molecule has 92 valence electrons. The summed E-state index contributed by atoms with van der Waals surface area (Å²) in [6.07, 6.45) is 0.629. The van der Waals surface area contributed by atoms with E-state index in [4.69, 9.17) is 14.6 Å². The number of methoxy groups -OCH3 is 1. The summed E-state index contributed by atoms with van der Waals surface area (Å²) in [6, 6.07) is 6.13. The topological polar surface area (TPSA) is 38.7 Å². The molecule has 0 unspecified atom stereocenters. The first-order chi connectivity index (χ1) is 8.24. The Labute approximate surface area is 105 Å². The molecule has 2 rings (SSSR count). The van der Waals surface area contributed by atoms with E-state index >= 15 is 0 Å². The molecule has 1 heterocycles. The highest BCUT2D eigenvalue weighted by Crippen LogP contribution is 2.36. The SMILES string of the molecule is COc1cc2sc(C)cc2cc1OCCCO. The summed E-state index contributed by atoms with van der Waals surface area (Å²) in [5, 5.41) is 9.91. The fourth-order valence-corrected chi connectivity index (χ4v) is 2.63. The van der Waals surface area contributed by atoms with Crippen molar-refractivity contribution in [1.29, 1.82) is 0 Å². The van der Waals surface area contributed by atoms with Gasteiger partial charge in [-0.15, -0.1) is 11.3 Å². The molecule has 0 amide bonds. The lowest BCUT2D eigenvalue weighted by Gasteiger charge is -2.10. The molecule has 0 aliphatic carbocycles. The van der Waals surface area contributed by atoms with Crippen LogP contribution in [0.25, 0.3) is 10.1 Å². The van der Waals surface area contributed by atoms with Crippen molar-refractivity contribution in [2.45, 2.75) is 13.3 Å². The zero-order valence-electron chi connectivity index (χ0n) is 10.0. The van der Waals surface area contributed by atoms with Crippen molar-refractivity contribution >= 4 is 21.4 Å². The van der Waals surface area contributed by atoms with E-state index in [1.54, 1.807) is 18.4 Å². The Morgan fingerprint density at radius 3 is 2.76 bits per heavy atom. The van der Waals surface area contributed by atoms with Gasteiger partial charge in [0.15, 0.2) is 11.5 Å². The van der Waals surface area contributed by atoms with Crippen LogP contribution < -0.4 is 9.47 Å². The third-order valence-corrected chi connectivity index (χ3v) is 3.50. The number of thiophene rings is 1. The van der Waals surface area contributed by atoms with Gasteiger partial charge in [0, 0.05) is 28.7 Å². The second-order valence-electron chi connectivity index (χ2n) is 3.82. The maximum atomic E-state index is 8.74. The lowest BCUT2D eigenvalue weighted by molar-refractivity contribution is 0.228. The molecule has 0 fully saturated rings. The van der Waals surface area contributed by atoms with Crippen molar-refractivity contribution in [3.05, 3.63) is 23.1 Å². The normalized spacial score (nSPS) is 10.8. The van der Waals surface area contributed by atoms with Gasteiger partial charge < -0.3 is 14.6 Å². The number of fused-ring (bicyclic) bond motifs is 1. The average Bonchev–Trinajstić information content (AvgIpc) is 2.67. The van der Waals surface area contributed by atoms with Crippen molar-refractivity contribution < 1.29 is 14.6 Å². The van der Waals surface area contributed by atoms with Gasteiger partial charge >= 0.3 is 0 Å². The Morgan fingerprint density at radius 2 is 2.06 bits per heavy atom. The van der Waals surface area contributed by atoms with E-state index in [2.05, 4.69) is 13.0 Å². The van der Waals surface area contributed by atoms with Crippen LogP contribution in [-0.2, 0) is 0 Å². The molecule has 0 atom stereocenters. The van der Waals surface area contributed by atoms with E-state index in [0.29, 0.717) is 13.0 Å². The summed E-state index contributed by atoms with van der Waals surface area (Å²) in [5.74, 6) is 1.49. The number of aryl methyl sites for hydroxylation is 1. The summed E-state index contributed by atoms with van der Waals surface area (Å²) in [4.78, 5) is 1.27. The van der Waals surface area contributed by atoms with Gasteiger partial charge in [0.05, 0.1) is 13.7 Å². The summed E-state index contributed by atoms with van der Waals surface area (Å²) < 4.78 is 12.1. The third-order valence-electron chi connectivity index (χ3n) is 2.49. The van der Waals surface area contributed by atoms with Crippen LogP contribution in [0.2, 0.25) is 0 Å². The van der Waals surface area contributed by atoms with Crippen LogP contribution >= 0.6 is 11.3 Å². The highest BCUT2D eigenvalue weighted by atomic mass is 32.1. The molecule has 0 radical (unpaired) electrons. The highest BCUT2D eigenvalue weighted by Gasteiger charge is 2.08. The van der Waals surface area contributed by atoms with Crippen molar-refractivity contribution in [1.82, 2.24) is 0 Å². The molecule has 2 aromatic rings. The minimum absolute atomic E-state index is 0.141. The van der Waals surface area contributed by atoms with Gasteiger partial charge in [-0.05, 0) is 24.4 Å². The molecule has 0 aliphatic heterocycles. The summed E-state index contributed by atoms with van der Waals surface area (Å²) in [5.41, 5.74) is 0. The molecular weight excluding hydrogens is 236 g/mol. The molecule has 0 aliphatic rings. The monoisotopic (exact) mass is 252 g/mol. The van der Waals surface area contributed by atoms with E-state index in [9.17, 15) is 0 Å². The first kappa shape index (κ1) is 12.2. The molecule has 0 bridgehead atoms. The molecular formula is C13H16O3S. The van der Waals surface area contributed by atoms with Crippen molar-refractivity contribution in [3.8, 4) is 11.5 Å². The van der Waals surface area contributed by atoms with Crippen LogP contribution in [-0.4, -0.2) is 25.4 Å². The Kier molecular flexibility index (Phi) is 3.86. The second kappa shape index (κ2) is 5.38. The standard InChI is InChI=1S/C13H16O3S/c1-9-6-10-7-12(16-5-3-4-14)11(15-2)8-13(10)17-9/h6-8,14H,3-5H2,1-2H3. The predicted molar refractivity (Wildman–Crippen MR) is 70.3 cm³/mol. The van der Waals surface area contributed by atoms with E-state index in [-0.39, 0.29) is 6.61 Å². The van der Waals surface area contributed by atoms with E-state index in [1.807, 2.05) is 12.1 Å². The molecule has 1 aromatic heterocycles. The average molecular weight is 252 g/mol. The molecule has 0 saturated carbocycles. The zero-order chi connectivity index (χ0) is 12.3. The maximum absolute atomic E-state index is 8.74. The van der Waals surface area contributed by atoms with Crippen LogP contribution in [0.3, 0.4) is 0 Å². The van der Waals surface area contributed by atoms with Crippen LogP contribution in [0.5, 0.6) is 11.5 Å².